The Bertz CT molecular complexity index is 1070. The highest BCUT2D eigenvalue weighted by molar-refractivity contribution is 7.92. The van der Waals surface area contributed by atoms with E-state index in [1.165, 1.54) is 63.5 Å². The molecule has 0 unspecified atom stereocenters. The molecule has 0 saturated carbocycles. The zero-order valence-electron chi connectivity index (χ0n) is 17.0. The number of para-hydroxylation sites is 1. The van der Waals surface area contributed by atoms with Gasteiger partial charge in [0.2, 0.25) is 24.1 Å². The molecule has 2 rings (SSSR count). The second kappa shape index (κ2) is 9.71. The molecule has 0 saturated heterocycles. The number of rotatable bonds is 8. The van der Waals surface area contributed by atoms with Crippen LogP contribution in [0, 0.1) is 0 Å². The molecule has 166 valence electrons. The minimum atomic E-state index is -4.74. The van der Waals surface area contributed by atoms with Crippen LogP contribution in [0.1, 0.15) is 10.4 Å². The first-order valence-electron chi connectivity index (χ1n) is 8.49. The molecule has 1 aromatic carbocycles. The largest absolute Gasteiger partial charge is 0.481 e. The number of carbonyl (C=O) groups excluding carboxylic acids is 3. The average molecular weight is 452 g/mol. The number of aromatic nitrogens is 2. The van der Waals surface area contributed by atoms with Crippen LogP contribution in [0.2, 0.25) is 0 Å². The lowest BCUT2D eigenvalue weighted by molar-refractivity contribution is -0.106. The topological polar surface area (TPSA) is 160 Å². The number of benzene rings is 1. The normalized spacial score (nSPS) is 10.6. The second-order valence-corrected chi connectivity index (χ2v) is 7.50. The van der Waals surface area contributed by atoms with Gasteiger partial charge in [-0.25, -0.2) is 9.52 Å². The van der Waals surface area contributed by atoms with E-state index in [9.17, 15) is 22.8 Å². The van der Waals surface area contributed by atoms with Crippen LogP contribution >= 0.6 is 0 Å². The van der Waals surface area contributed by atoms with Crippen LogP contribution in [0.15, 0.2) is 30.3 Å². The lowest BCUT2D eigenvalue weighted by Gasteiger charge is -2.21. The lowest BCUT2D eigenvalue weighted by atomic mass is 10.1. The number of urea groups is 1. The summed E-state index contributed by atoms with van der Waals surface area (Å²) >= 11 is 0. The summed E-state index contributed by atoms with van der Waals surface area (Å²) in [6.07, 6.45) is -0.0392. The first kappa shape index (κ1) is 23.3. The number of ether oxygens (including phenoxy) is 2. The van der Waals surface area contributed by atoms with E-state index in [1.807, 2.05) is 0 Å². The number of carbonyl (C=O) groups is 3. The van der Waals surface area contributed by atoms with Gasteiger partial charge in [0, 0.05) is 14.1 Å². The molecule has 0 radical (unpaired) electrons. The van der Waals surface area contributed by atoms with Gasteiger partial charge >= 0.3 is 16.2 Å². The molecule has 0 aliphatic rings. The smallest absolute Gasteiger partial charge is 0.336 e. The SMILES string of the molecule is COc1cc(OC)nc(NC(=O)NS(=O)(=O)N(C=O)c2ccccc2C(=O)N(C)C)n1. The van der Waals surface area contributed by atoms with Crippen molar-refractivity contribution < 1.29 is 32.3 Å². The number of methoxy groups -OCH3 is 2. The number of hydrogen-bond donors (Lipinski definition) is 2. The van der Waals surface area contributed by atoms with Gasteiger partial charge in [-0.1, -0.05) is 12.1 Å². The predicted molar refractivity (Wildman–Crippen MR) is 109 cm³/mol. The predicted octanol–water partition coefficient (Wildman–Crippen LogP) is 0.225. The van der Waals surface area contributed by atoms with Crippen LogP contribution in [0.25, 0.3) is 0 Å². The van der Waals surface area contributed by atoms with Crippen LogP contribution < -0.4 is 23.8 Å². The van der Waals surface area contributed by atoms with Crippen molar-refractivity contribution in [2.45, 2.75) is 0 Å². The lowest BCUT2D eigenvalue weighted by Crippen LogP contribution is -2.45. The third-order valence-corrected chi connectivity index (χ3v) is 4.92. The van der Waals surface area contributed by atoms with Crippen LogP contribution in [0.4, 0.5) is 16.4 Å². The van der Waals surface area contributed by atoms with Gasteiger partial charge in [0.05, 0.1) is 31.5 Å². The van der Waals surface area contributed by atoms with Crippen LogP contribution in [-0.2, 0) is 15.0 Å². The average Bonchev–Trinajstić information content (AvgIpc) is 2.72. The monoisotopic (exact) mass is 452 g/mol. The molecule has 0 bridgehead atoms. The third-order valence-electron chi connectivity index (χ3n) is 3.68. The van der Waals surface area contributed by atoms with E-state index in [2.05, 4.69) is 15.3 Å². The van der Waals surface area contributed by atoms with Crippen LogP contribution in [-0.4, -0.2) is 69.9 Å². The van der Waals surface area contributed by atoms with Crippen LogP contribution in [0.3, 0.4) is 0 Å². The summed E-state index contributed by atoms with van der Waals surface area (Å²) in [6, 6.07) is 5.61. The van der Waals surface area contributed by atoms with Crippen molar-refractivity contribution in [1.29, 1.82) is 0 Å². The molecule has 0 atom stereocenters. The van der Waals surface area contributed by atoms with E-state index in [-0.39, 0.29) is 39.7 Å². The van der Waals surface area contributed by atoms with Crippen LogP contribution in [0.5, 0.6) is 11.8 Å². The van der Waals surface area contributed by atoms with E-state index in [0.717, 1.165) is 0 Å². The molecule has 2 N–H and O–H groups in total. The van der Waals surface area contributed by atoms with E-state index in [1.54, 1.807) is 4.72 Å². The number of anilines is 2. The van der Waals surface area contributed by atoms with Gasteiger partial charge in [-0.2, -0.15) is 22.7 Å². The minimum absolute atomic E-state index is 0.0392. The fourth-order valence-electron chi connectivity index (χ4n) is 2.29. The molecule has 1 heterocycles. The standard InChI is InChI=1S/C17H20N6O7S/c1-22(2)15(25)11-7-5-6-8-12(11)23(10-24)31(27,28)21-17(26)20-16-18-13(29-3)9-14(19-16)30-4/h5-10H,1-4H3,(H2,18,19,20,21,26). The van der Waals surface area contributed by atoms with Crippen molar-refractivity contribution in [1.82, 2.24) is 19.6 Å². The zero-order valence-corrected chi connectivity index (χ0v) is 17.8. The summed E-state index contributed by atoms with van der Waals surface area (Å²) in [6.45, 7) is 0. The Morgan fingerprint density at radius 2 is 1.65 bits per heavy atom. The number of nitrogens with zero attached hydrogens (tertiary/aromatic N) is 4. The maximum absolute atomic E-state index is 12.7. The summed E-state index contributed by atoms with van der Waals surface area (Å²) in [4.78, 5) is 45.0. The third kappa shape index (κ3) is 5.57. The Morgan fingerprint density at radius 1 is 1.06 bits per heavy atom. The highest BCUT2D eigenvalue weighted by Crippen LogP contribution is 2.23. The van der Waals surface area contributed by atoms with E-state index in [4.69, 9.17) is 9.47 Å². The summed E-state index contributed by atoms with van der Waals surface area (Å²) in [5.74, 6) is -0.755. The van der Waals surface area contributed by atoms with Gasteiger partial charge in [-0.3, -0.25) is 14.9 Å². The molecule has 0 spiro atoms. The van der Waals surface area contributed by atoms with Crippen molar-refractivity contribution >= 4 is 40.2 Å². The van der Waals surface area contributed by atoms with Crippen molar-refractivity contribution in [2.75, 3.05) is 37.9 Å². The van der Waals surface area contributed by atoms with Gasteiger partial charge in [-0.05, 0) is 12.1 Å². The highest BCUT2D eigenvalue weighted by atomic mass is 32.2. The van der Waals surface area contributed by atoms with Gasteiger partial charge in [0.1, 0.15) is 0 Å². The number of amides is 4. The maximum Gasteiger partial charge on any atom is 0.336 e. The molecule has 0 fully saturated rings. The van der Waals surface area contributed by atoms with Gasteiger partial charge in [0.15, 0.2) is 0 Å². The molecular weight excluding hydrogens is 432 g/mol. The first-order chi connectivity index (χ1) is 14.6. The van der Waals surface area contributed by atoms with E-state index in [0.29, 0.717) is 0 Å². The van der Waals surface area contributed by atoms with E-state index >= 15 is 0 Å². The summed E-state index contributed by atoms with van der Waals surface area (Å²) in [7, 11) is 0.835. The highest BCUT2D eigenvalue weighted by Gasteiger charge is 2.29. The Morgan fingerprint density at radius 3 is 2.16 bits per heavy atom. The molecule has 31 heavy (non-hydrogen) atoms. The van der Waals surface area contributed by atoms with Crippen molar-refractivity contribution in [3.63, 3.8) is 0 Å². The molecule has 0 aliphatic carbocycles. The molecule has 13 nitrogen and oxygen atoms in total. The fourth-order valence-corrected chi connectivity index (χ4v) is 3.21. The Balaban J connectivity index is 2.30. The molecule has 0 aliphatic heterocycles. The molecule has 1 aromatic heterocycles. The molecule has 4 amide bonds. The van der Waals surface area contributed by atoms with Gasteiger partial charge < -0.3 is 14.4 Å². The Labute approximate surface area is 178 Å². The minimum Gasteiger partial charge on any atom is -0.481 e. The van der Waals surface area contributed by atoms with E-state index < -0.39 is 22.1 Å². The molecular formula is C17H20N6O7S. The van der Waals surface area contributed by atoms with Crippen molar-refractivity contribution in [3.8, 4) is 11.8 Å². The van der Waals surface area contributed by atoms with Gasteiger partial charge in [-0.15, -0.1) is 0 Å². The zero-order chi connectivity index (χ0) is 23.2. The van der Waals surface area contributed by atoms with Gasteiger partial charge in [0.25, 0.3) is 5.91 Å². The summed E-state index contributed by atoms with van der Waals surface area (Å²) < 4.78 is 37.1. The fraction of sp³-hybridized carbons (Fsp3) is 0.235. The number of nitrogens with one attached hydrogen (secondary N) is 2. The number of hydrogen-bond acceptors (Lipinski definition) is 9. The summed E-state index contributed by atoms with van der Waals surface area (Å²) in [5, 5.41) is 2.10. The molecule has 2 aromatic rings. The Kier molecular flexibility index (Phi) is 7.31. The quantitative estimate of drug-likeness (QED) is 0.534. The second-order valence-electron chi connectivity index (χ2n) is 5.96. The maximum atomic E-state index is 12.7. The Hall–Kier alpha value is -3.94. The summed E-state index contributed by atoms with van der Waals surface area (Å²) in [5.41, 5.74) is -0.304. The first-order valence-corrected chi connectivity index (χ1v) is 9.93. The van der Waals surface area contributed by atoms with Crippen molar-refractivity contribution in [2.24, 2.45) is 0 Å². The molecule has 14 heteroatoms. The van der Waals surface area contributed by atoms with Crippen molar-refractivity contribution in [3.05, 3.63) is 35.9 Å².